The van der Waals surface area contributed by atoms with Gasteiger partial charge in [0.05, 0.1) is 0 Å². The quantitative estimate of drug-likeness (QED) is 0.560. The molecule has 0 amide bonds. The lowest BCUT2D eigenvalue weighted by Crippen LogP contribution is -2.01. The Balaban J connectivity index is 1.96. The van der Waals surface area contributed by atoms with Crippen molar-refractivity contribution in [1.29, 1.82) is 0 Å². The van der Waals surface area contributed by atoms with E-state index in [1.165, 1.54) is 33.0 Å². The largest absolute Gasteiger partial charge is 0.0757 e. The summed E-state index contributed by atoms with van der Waals surface area (Å²) < 4.78 is 0. The smallest absolute Gasteiger partial charge is 0.0143 e. The average Bonchev–Trinajstić information content (AvgIpc) is 2.55. The second kappa shape index (κ2) is 4.64. The maximum absolute atomic E-state index is 2.38. The monoisotopic (exact) mass is 256 g/mol. The number of hydrogen-bond acceptors (Lipinski definition) is 0. The van der Waals surface area contributed by atoms with Crippen LogP contribution in [0, 0.1) is 0 Å². The van der Waals surface area contributed by atoms with Crippen molar-refractivity contribution in [3.05, 3.63) is 89.5 Å². The van der Waals surface area contributed by atoms with E-state index in [1.807, 2.05) is 0 Å². The van der Waals surface area contributed by atoms with Crippen LogP contribution in [0.1, 0.15) is 23.1 Å². The molecule has 0 spiro atoms. The predicted octanol–water partition coefficient (Wildman–Crippen LogP) is 5.22. The maximum Gasteiger partial charge on any atom is -0.0143 e. The summed E-state index contributed by atoms with van der Waals surface area (Å²) in [5, 5.41) is 2.76. The Labute approximate surface area is 119 Å². The van der Waals surface area contributed by atoms with Gasteiger partial charge in [0.15, 0.2) is 0 Å². The van der Waals surface area contributed by atoms with Crippen LogP contribution in [0.3, 0.4) is 0 Å². The molecule has 0 N–H and O–H groups in total. The summed E-state index contributed by atoms with van der Waals surface area (Å²) in [6.45, 7) is 0. The van der Waals surface area contributed by atoms with Gasteiger partial charge in [-0.15, -0.1) is 0 Å². The second-order valence-electron chi connectivity index (χ2n) is 5.34. The summed E-state index contributed by atoms with van der Waals surface area (Å²) in [4.78, 5) is 0. The molecule has 0 heterocycles. The van der Waals surface area contributed by atoms with E-state index >= 15 is 0 Å². The van der Waals surface area contributed by atoms with Crippen LogP contribution < -0.4 is 0 Å². The second-order valence-corrected chi connectivity index (χ2v) is 5.34. The van der Waals surface area contributed by atoms with Gasteiger partial charge in [-0.25, -0.2) is 0 Å². The van der Waals surface area contributed by atoms with Crippen molar-refractivity contribution in [2.75, 3.05) is 0 Å². The molecule has 3 aromatic carbocycles. The molecule has 1 aliphatic carbocycles. The van der Waals surface area contributed by atoms with Gasteiger partial charge in [-0.1, -0.05) is 72.8 Å². The Bertz CT molecular complexity index is 795. The van der Waals surface area contributed by atoms with E-state index < -0.39 is 0 Å². The third-order valence-electron chi connectivity index (χ3n) is 4.16. The van der Waals surface area contributed by atoms with Crippen molar-refractivity contribution in [2.45, 2.75) is 12.8 Å². The van der Waals surface area contributed by atoms with Crippen molar-refractivity contribution < 1.29 is 0 Å². The van der Waals surface area contributed by atoms with Crippen molar-refractivity contribution in [2.24, 2.45) is 0 Å². The van der Waals surface area contributed by atoms with Crippen molar-refractivity contribution >= 4 is 16.3 Å². The van der Waals surface area contributed by atoms with E-state index in [4.69, 9.17) is 0 Å². The van der Waals surface area contributed by atoms with Gasteiger partial charge < -0.3 is 0 Å². The zero-order valence-electron chi connectivity index (χ0n) is 11.3. The summed E-state index contributed by atoms with van der Waals surface area (Å²) in [6, 6.07) is 24.0. The number of allylic oxidation sites excluding steroid dienone is 1. The Hall–Kier alpha value is -2.34. The van der Waals surface area contributed by atoms with Crippen LogP contribution in [-0.2, 0) is 6.42 Å². The zero-order valence-corrected chi connectivity index (χ0v) is 11.3. The van der Waals surface area contributed by atoms with Crippen LogP contribution in [0.4, 0.5) is 0 Å². The zero-order chi connectivity index (χ0) is 13.4. The SMILES string of the molecule is C1=C(c2ccccc2)c2ccc3ccccc3c2CC1. The standard InChI is InChI=1S/C20H16/c1-2-7-15(8-3-1)18-11-6-12-19-17-10-5-4-9-16(17)13-14-20(18)19/h1-5,7-11,13-14H,6,12H2. The lowest BCUT2D eigenvalue weighted by Gasteiger charge is -2.20. The van der Waals surface area contributed by atoms with Crippen molar-refractivity contribution in [1.82, 2.24) is 0 Å². The Morgan fingerprint density at radius 3 is 2.40 bits per heavy atom. The van der Waals surface area contributed by atoms with Gasteiger partial charge in [0, 0.05) is 0 Å². The Morgan fingerprint density at radius 1 is 0.700 bits per heavy atom. The number of aryl methyl sites for hydroxylation is 1. The highest BCUT2D eigenvalue weighted by Gasteiger charge is 2.15. The third-order valence-corrected chi connectivity index (χ3v) is 4.16. The fourth-order valence-electron chi connectivity index (χ4n) is 3.22. The first kappa shape index (κ1) is 11.5. The van der Waals surface area contributed by atoms with Crippen LogP contribution in [0.5, 0.6) is 0 Å². The van der Waals surface area contributed by atoms with Gasteiger partial charge in [-0.3, -0.25) is 0 Å². The minimum Gasteiger partial charge on any atom is -0.0757 e. The lowest BCUT2D eigenvalue weighted by atomic mass is 9.84. The van der Waals surface area contributed by atoms with Gasteiger partial charge >= 0.3 is 0 Å². The van der Waals surface area contributed by atoms with E-state index in [0.717, 1.165) is 12.8 Å². The summed E-state index contributed by atoms with van der Waals surface area (Å²) in [5.41, 5.74) is 5.62. The topological polar surface area (TPSA) is 0 Å². The molecule has 0 fully saturated rings. The van der Waals surface area contributed by atoms with Gasteiger partial charge in [-0.2, -0.15) is 0 Å². The molecule has 1 aliphatic rings. The highest BCUT2D eigenvalue weighted by atomic mass is 14.2. The van der Waals surface area contributed by atoms with Crippen LogP contribution in [-0.4, -0.2) is 0 Å². The van der Waals surface area contributed by atoms with Crippen LogP contribution >= 0.6 is 0 Å². The highest BCUT2D eigenvalue weighted by molar-refractivity contribution is 5.94. The molecule has 0 saturated heterocycles. The summed E-state index contributed by atoms with van der Waals surface area (Å²) >= 11 is 0. The summed E-state index contributed by atoms with van der Waals surface area (Å²) in [5.74, 6) is 0. The number of hydrogen-bond donors (Lipinski definition) is 0. The normalized spacial score (nSPS) is 13.9. The minimum absolute atomic E-state index is 1.13. The molecule has 20 heavy (non-hydrogen) atoms. The summed E-state index contributed by atoms with van der Waals surface area (Å²) in [6.07, 6.45) is 4.66. The summed E-state index contributed by atoms with van der Waals surface area (Å²) in [7, 11) is 0. The molecule has 0 bridgehead atoms. The first-order valence-corrected chi connectivity index (χ1v) is 7.20. The molecule has 4 rings (SSSR count). The molecular formula is C20H16. The molecule has 96 valence electrons. The van der Waals surface area contributed by atoms with Crippen LogP contribution in [0.2, 0.25) is 0 Å². The molecule has 3 aromatic rings. The molecule has 0 aliphatic heterocycles. The van der Waals surface area contributed by atoms with E-state index in [2.05, 4.69) is 72.8 Å². The number of benzene rings is 3. The van der Waals surface area contributed by atoms with Gasteiger partial charge in [0.2, 0.25) is 0 Å². The van der Waals surface area contributed by atoms with Gasteiger partial charge in [-0.05, 0) is 45.9 Å². The molecule has 0 unspecified atom stereocenters. The van der Waals surface area contributed by atoms with E-state index in [-0.39, 0.29) is 0 Å². The van der Waals surface area contributed by atoms with E-state index in [9.17, 15) is 0 Å². The molecule has 0 aromatic heterocycles. The van der Waals surface area contributed by atoms with E-state index in [0.29, 0.717) is 0 Å². The first-order chi connectivity index (χ1) is 9.93. The van der Waals surface area contributed by atoms with Crippen LogP contribution in [0.25, 0.3) is 16.3 Å². The fraction of sp³-hybridized carbons (Fsp3) is 0.100. The molecule has 0 saturated carbocycles. The lowest BCUT2D eigenvalue weighted by molar-refractivity contribution is 0.989. The van der Waals surface area contributed by atoms with Gasteiger partial charge in [0.1, 0.15) is 0 Å². The minimum atomic E-state index is 1.13. The molecule has 0 heteroatoms. The molecule has 0 radical (unpaired) electrons. The van der Waals surface area contributed by atoms with Gasteiger partial charge in [0.25, 0.3) is 0 Å². The predicted molar refractivity (Wildman–Crippen MR) is 85.8 cm³/mol. The van der Waals surface area contributed by atoms with Crippen LogP contribution in [0.15, 0.2) is 72.8 Å². The Kier molecular flexibility index (Phi) is 2.67. The average molecular weight is 256 g/mol. The van der Waals surface area contributed by atoms with E-state index in [1.54, 1.807) is 0 Å². The first-order valence-electron chi connectivity index (χ1n) is 7.20. The van der Waals surface area contributed by atoms with Crippen molar-refractivity contribution in [3.8, 4) is 0 Å². The Morgan fingerprint density at radius 2 is 1.50 bits per heavy atom. The molecule has 0 atom stereocenters. The maximum atomic E-state index is 2.38. The molecule has 0 nitrogen and oxygen atoms in total. The highest BCUT2D eigenvalue weighted by Crippen LogP contribution is 2.35. The third kappa shape index (κ3) is 1.77. The number of fused-ring (bicyclic) bond motifs is 3. The van der Waals surface area contributed by atoms with Crippen molar-refractivity contribution in [3.63, 3.8) is 0 Å². The fourth-order valence-corrected chi connectivity index (χ4v) is 3.22. The number of rotatable bonds is 1. The molecular weight excluding hydrogens is 240 g/mol.